The number of ether oxygens (including phenoxy) is 1. The summed E-state index contributed by atoms with van der Waals surface area (Å²) < 4.78 is 6.31. The molecule has 0 saturated heterocycles. The zero-order chi connectivity index (χ0) is 14.7. The third-order valence-corrected chi connectivity index (χ3v) is 3.28. The van der Waals surface area contributed by atoms with E-state index in [0.717, 1.165) is 24.3 Å². The largest absolute Gasteiger partial charge is 0.465 e. The van der Waals surface area contributed by atoms with Crippen molar-refractivity contribution in [3.8, 4) is 0 Å². The van der Waals surface area contributed by atoms with Crippen molar-refractivity contribution in [2.45, 2.75) is 12.8 Å². The molecule has 0 unspecified atom stereocenters. The highest BCUT2D eigenvalue weighted by Gasteiger charge is 2.09. The number of carbonyl (C=O) groups excluding carboxylic acids is 1. The van der Waals surface area contributed by atoms with E-state index in [1.807, 2.05) is 18.2 Å². The predicted octanol–water partition coefficient (Wildman–Crippen LogP) is 2.30. The summed E-state index contributed by atoms with van der Waals surface area (Å²) in [5, 5.41) is 4.40. The van der Waals surface area contributed by atoms with Crippen LogP contribution in [0.1, 0.15) is 21.7 Å². The van der Waals surface area contributed by atoms with E-state index in [1.165, 1.54) is 12.7 Å². The zero-order valence-corrected chi connectivity index (χ0v) is 11.7. The van der Waals surface area contributed by atoms with Gasteiger partial charge < -0.3 is 4.74 Å². The standard InChI is InChI=1S/C16H15N3O2/c1-21-16(20)13-8-10-15-17-14(18-19(15)11-13)9-7-12-5-3-2-4-6-12/h2-6,8,10-11H,7,9H2,1H3. The third-order valence-electron chi connectivity index (χ3n) is 3.28. The van der Waals surface area contributed by atoms with Gasteiger partial charge in [-0.15, -0.1) is 0 Å². The first-order valence-corrected chi connectivity index (χ1v) is 6.74. The number of pyridine rings is 1. The van der Waals surface area contributed by atoms with Gasteiger partial charge in [0.1, 0.15) is 0 Å². The topological polar surface area (TPSA) is 56.5 Å². The molecule has 0 aliphatic rings. The minimum Gasteiger partial charge on any atom is -0.465 e. The highest BCUT2D eigenvalue weighted by molar-refractivity contribution is 5.89. The van der Waals surface area contributed by atoms with Crippen molar-refractivity contribution in [2.24, 2.45) is 0 Å². The zero-order valence-electron chi connectivity index (χ0n) is 11.7. The molecular formula is C16H15N3O2. The van der Waals surface area contributed by atoms with Gasteiger partial charge in [-0.3, -0.25) is 0 Å². The second-order valence-corrected chi connectivity index (χ2v) is 4.73. The molecule has 2 aromatic heterocycles. The Morgan fingerprint density at radius 3 is 2.71 bits per heavy atom. The van der Waals surface area contributed by atoms with Crippen molar-refractivity contribution in [2.75, 3.05) is 7.11 Å². The number of hydrogen-bond acceptors (Lipinski definition) is 4. The Morgan fingerprint density at radius 2 is 1.95 bits per heavy atom. The maximum absolute atomic E-state index is 11.5. The van der Waals surface area contributed by atoms with Gasteiger partial charge in [0.15, 0.2) is 11.5 Å². The molecule has 0 amide bonds. The average molecular weight is 281 g/mol. The van der Waals surface area contributed by atoms with E-state index in [2.05, 4.69) is 22.2 Å². The fourth-order valence-electron chi connectivity index (χ4n) is 2.17. The van der Waals surface area contributed by atoms with E-state index >= 15 is 0 Å². The van der Waals surface area contributed by atoms with Crippen molar-refractivity contribution in [3.63, 3.8) is 0 Å². The van der Waals surface area contributed by atoms with Crippen LogP contribution < -0.4 is 0 Å². The Balaban J connectivity index is 1.79. The summed E-state index contributed by atoms with van der Waals surface area (Å²) >= 11 is 0. The first-order valence-electron chi connectivity index (χ1n) is 6.74. The molecule has 0 fully saturated rings. The van der Waals surface area contributed by atoms with Crippen LogP contribution in [0.2, 0.25) is 0 Å². The van der Waals surface area contributed by atoms with Crippen molar-refractivity contribution in [1.82, 2.24) is 14.6 Å². The lowest BCUT2D eigenvalue weighted by molar-refractivity contribution is 0.0600. The summed E-state index contributed by atoms with van der Waals surface area (Å²) in [6.07, 6.45) is 3.29. The highest BCUT2D eigenvalue weighted by atomic mass is 16.5. The number of nitrogens with zero attached hydrogens (tertiary/aromatic N) is 3. The van der Waals surface area contributed by atoms with Crippen LogP contribution >= 0.6 is 0 Å². The number of aryl methyl sites for hydroxylation is 2. The SMILES string of the molecule is COC(=O)c1ccc2nc(CCc3ccccc3)nn2c1. The van der Waals surface area contributed by atoms with Crippen LogP contribution in [-0.2, 0) is 17.6 Å². The van der Waals surface area contributed by atoms with Gasteiger partial charge in [-0.05, 0) is 24.1 Å². The molecule has 0 aliphatic carbocycles. The summed E-state index contributed by atoms with van der Waals surface area (Å²) in [7, 11) is 1.36. The minimum atomic E-state index is -0.377. The molecule has 106 valence electrons. The maximum atomic E-state index is 11.5. The van der Waals surface area contributed by atoms with Crippen molar-refractivity contribution < 1.29 is 9.53 Å². The Labute approximate surface area is 122 Å². The number of methoxy groups -OCH3 is 1. The molecule has 0 aliphatic heterocycles. The Hall–Kier alpha value is -2.69. The average Bonchev–Trinajstić information content (AvgIpc) is 2.95. The van der Waals surface area contributed by atoms with E-state index < -0.39 is 0 Å². The molecular weight excluding hydrogens is 266 g/mol. The Morgan fingerprint density at radius 1 is 1.14 bits per heavy atom. The summed E-state index contributed by atoms with van der Waals surface area (Å²) in [6, 6.07) is 13.7. The van der Waals surface area contributed by atoms with Crippen molar-refractivity contribution in [1.29, 1.82) is 0 Å². The van der Waals surface area contributed by atoms with Crippen LogP contribution in [0.5, 0.6) is 0 Å². The van der Waals surface area contributed by atoms with Crippen LogP contribution in [0.25, 0.3) is 5.65 Å². The fraction of sp³-hybridized carbons (Fsp3) is 0.188. The lowest BCUT2D eigenvalue weighted by Gasteiger charge is -1.98. The molecule has 3 aromatic rings. The molecule has 0 saturated carbocycles. The molecule has 0 spiro atoms. The second kappa shape index (κ2) is 5.75. The Kier molecular flexibility index (Phi) is 3.64. The molecule has 5 heteroatoms. The molecule has 5 nitrogen and oxygen atoms in total. The molecule has 2 heterocycles. The fourth-order valence-corrected chi connectivity index (χ4v) is 2.17. The van der Waals surface area contributed by atoms with E-state index in [0.29, 0.717) is 5.56 Å². The van der Waals surface area contributed by atoms with Gasteiger partial charge in [0, 0.05) is 12.6 Å². The molecule has 3 rings (SSSR count). The molecule has 0 radical (unpaired) electrons. The molecule has 1 aromatic carbocycles. The Bertz CT molecular complexity index is 766. The summed E-state index contributed by atoms with van der Waals surface area (Å²) in [5.41, 5.74) is 2.45. The van der Waals surface area contributed by atoms with Crippen LogP contribution in [0.15, 0.2) is 48.7 Å². The number of rotatable bonds is 4. The smallest absolute Gasteiger partial charge is 0.339 e. The van der Waals surface area contributed by atoms with E-state index in [1.54, 1.807) is 22.8 Å². The monoisotopic (exact) mass is 281 g/mol. The van der Waals surface area contributed by atoms with E-state index in [4.69, 9.17) is 4.74 Å². The predicted molar refractivity (Wildman–Crippen MR) is 78.2 cm³/mol. The van der Waals surface area contributed by atoms with E-state index in [9.17, 15) is 4.79 Å². The van der Waals surface area contributed by atoms with Gasteiger partial charge in [-0.25, -0.2) is 14.3 Å². The molecule has 21 heavy (non-hydrogen) atoms. The van der Waals surface area contributed by atoms with Crippen LogP contribution in [0.4, 0.5) is 0 Å². The summed E-state index contributed by atoms with van der Waals surface area (Å²) in [6.45, 7) is 0. The van der Waals surface area contributed by atoms with Crippen LogP contribution in [0, 0.1) is 0 Å². The van der Waals surface area contributed by atoms with E-state index in [-0.39, 0.29) is 5.97 Å². The quantitative estimate of drug-likeness (QED) is 0.689. The third kappa shape index (κ3) is 2.91. The lowest BCUT2D eigenvalue weighted by Crippen LogP contribution is -2.03. The lowest BCUT2D eigenvalue weighted by atomic mass is 10.1. The van der Waals surface area contributed by atoms with Crippen molar-refractivity contribution in [3.05, 3.63) is 65.6 Å². The first kappa shape index (κ1) is 13.3. The molecule has 0 N–H and O–H groups in total. The maximum Gasteiger partial charge on any atom is 0.339 e. The van der Waals surface area contributed by atoms with Gasteiger partial charge >= 0.3 is 5.97 Å². The van der Waals surface area contributed by atoms with Crippen molar-refractivity contribution >= 4 is 11.6 Å². The minimum absolute atomic E-state index is 0.377. The number of carbonyl (C=O) groups is 1. The summed E-state index contributed by atoms with van der Waals surface area (Å²) in [5.74, 6) is 0.388. The van der Waals surface area contributed by atoms with Crippen LogP contribution in [0.3, 0.4) is 0 Å². The van der Waals surface area contributed by atoms with Gasteiger partial charge in [0.25, 0.3) is 0 Å². The molecule has 0 bridgehead atoms. The number of benzene rings is 1. The number of aromatic nitrogens is 3. The first-order chi connectivity index (χ1) is 10.3. The summed E-state index contributed by atoms with van der Waals surface area (Å²) in [4.78, 5) is 15.9. The van der Waals surface area contributed by atoms with Gasteiger partial charge in [-0.2, -0.15) is 5.10 Å². The number of fused-ring (bicyclic) bond motifs is 1. The molecule has 0 atom stereocenters. The van der Waals surface area contributed by atoms with Crippen LogP contribution in [-0.4, -0.2) is 27.7 Å². The van der Waals surface area contributed by atoms with Gasteiger partial charge in [0.05, 0.1) is 12.7 Å². The number of hydrogen-bond donors (Lipinski definition) is 0. The second-order valence-electron chi connectivity index (χ2n) is 4.73. The normalized spacial score (nSPS) is 10.7. The highest BCUT2D eigenvalue weighted by Crippen LogP contribution is 2.09. The van der Waals surface area contributed by atoms with Gasteiger partial charge in [0.2, 0.25) is 0 Å². The number of esters is 1. The van der Waals surface area contributed by atoms with Gasteiger partial charge in [-0.1, -0.05) is 30.3 Å².